The quantitative estimate of drug-likeness (QED) is 0.167. The number of benzene rings is 9. The van der Waals surface area contributed by atoms with Crippen molar-refractivity contribution in [2.24, 2.45) is 0 Å². The van der Waals surface area contributed by atoms with Crippen molar-refractivity contribution < 1.29 is 0 Å². The van der Waals surface area contributed by atoms with E-state index in [4.69, 9.17) is 0 Å². The van der Waals surface area contributed by atoms with Crippen molar-refractivity contribution in [2.45, 2.75) is 77.0 Å². The van der Waals surface area contributed by atoms with Crippen LogP contribution >= 0.6 is 0 Å². The van der Waals surface area contributed by atoms with Gasteiger partial charge in [0, 0.05) is 22.4 Å². The first-order valence-electron chi connectivity index (χ1n) is 24.1. The molecular formula is C66H57N. The third-order valence-corrected chi connectivity index (χ3v) is 15.4. The normalized spacial score (nSPS) is 14.5. The molecule has 12 rings (SSSR count). The third-order valence-electron chi connectivity index (χ3n) is 15.4. The predicted octanol–water partition coefficient (Wildman–Crippen LogP) is 17.7. The van der Waals surface area contributed by atoms with Crippen LogP contribution in [0.1, 0.15) is 99.9 Å². The molecule has 1 nitrogen and oxygen atoms in total. The molecule has 67 heavy (non-hydrogen) atoms. The first kappa shape index (κ1) is 41.2. The molecule has 9 aromatic carbocycles. The number of hydrogen-bond donors (Lipinski definition) is 0. The van der Waals surface area contributed by atoms with E-state index in [-0.39, 0.29) is 16.2 Å². The van der Waals surface area contributed by atoms with Crippen LogP contribution in [0.5, 0.6) is 0 Å². The molecule has 0 saturated carbocycles. The summed E-state index contributed by atoms with van der Waals surface area (Å²) in [5.41, 5.74) is 26.2. The summed E-state index contributed by atoms with van der Waals surface area (Å²) in [5, 5.41) is 0. The molecule has 0 amide bonds. The largest absolute Gasteiger partial charge is 0.310 e. The fourth-order valence-electron chi connectivity index (χ4n) is 11.9. The van der Waals surface area contributed by atoms with Crippen molar-refractivity contribution in [2.75, 3.05) is 4.90 Å². The van der Waals surface area contributed by atoms with Crippen LogP contribution in [0.2, 0.25) is 0 Å². The Hall–Kier alpha value is -7.22. The van der Waals surface area contributed by atoms with Gasteiger partial charge in [-0.1, -0.05) is 219 Å². The lowest BCUT2D eigenvalue weighted by atomic mass is 9.68. The second-order valence-electron chi connectivity index (χ2n) is 21.7. The van der Waals surface area contributed by atoms with Gasteiger partial charge in [0.1, 0.15) is 0 Å². The number of rotatable bonds is 5. The summed E-state index contributed by atoms with van der Waals surface area (Å²) in [5.74, 6) is 0. The van der Waals surface area contributed by atoms with Gasteiger partial charge in [0.05, 0.1) is 11.1 Å². The zero-order valence-electron chi connectivity index (χ0n) is 40.0. The number of para-hydroxylation sites is 1. The molecule has 0 radical (unpaired) electrons. The van der Waals surface area contributed by atoms with Gasteiger partial charge in [-0.3, -0.25) is 0 Å². The highest BCUT2D eigenvalue weighted by Gasteiger charge is 2.53. The van der Waals surface area contributed by atoms with Crippen molar-refractivity contribution in [3.63, 3.8) is 0 Å². The first-order chi connectivity index (χ1) is 32.2. The van der Waals surface area contributed by atoms with Crippen LogP contribution in [-0.4, -0.2) is 0 Å². The number of nitrogens with zero attached hydrogens (tertiary/aromatic N) is 1. The first-order valence-corrected chi connectivity index (χ1v) is 24.1. The van der Waals surface area contributed by atoms with Gasteiger partial charge in [-0.15, -0.1) is 0 Å². The van der Waals surface area contributed by atoms with E-state index in [9.17, 15) is 0 Å². The average molecular weight is 864 g/mol. The van der Waals surface area contributed by atoms with Crippen molar-refractivity contribution >= 4 is 17.1 Å². The topological polar surface area (TPSA) is 3.24 Å². The lowest BCUT2D eigenvalue weighted by molar-refractivity contribution is 0.586. The molecule has 0 heterocycles. The predicted molar refractivity (Wildman–Crippen MR) is 283 cm³/mol. The molecule has 0 fully saturated rings. The molecular weight excluding hydrogens is 807 g/mol. The minimum atomic E-state index is -0.579. The van der Waals surface area contributed by atoms with Gasteiger partial charge >= 0.3 is 0 Å². The van der Waals surface area contributed by atoms with E-state index in [1.54, 1.807) is 0 Å². The minimum absolute atomic E-state index is 0.0431. The minimum Gasteiger partial charge on any atom is -0.310 e. The Morgan fingerprint density at radius 1 is 0.313 bits per heavy atom. The zero-order valence-corrected chi connectivity index (χ0v) is 40.0. The summed E-state index contributed by atoms with van der Waals surface area (Å²) in [6, 6.07) is 76.4. The Kier molecular flexibility index (Phi) is 9.01. The van der Waals surface area contributed by atoms with E-state index in [1.807, 2.05) is 0 Å². The zero-order chi connectivity index (χ0) is 46.0. The van der Waals surface area contributed by atoms with E-state index in [1.165, 1.54) is 100 Å². The molecule has 0 aliphatic heterocycles. The van der Waals surface area contributed by atoms with Gasteiger partial charge in [0.25, 0.3) is 0 Å². The second-order valence-corrected chi connectivity index (χ2v) is 21.7. The van der Waals surface area contributed by atoms with Crippen LogP contribution in [0.15, 0.2) is 200 Å². The van der Waals surface area contributed by atoms with Crippen molar-refractivity contribution in [1.82, 2.24) is 0 Å². The van der Waals surface area contributed by atoms with Gasteiger partial charge < -0.3 is 4.90 Å². The molecule has 0 aromatic heterocycles. The van der Waals surface area contributed by atoms with Gasteiger partial charge in [-0.25, -0.2) is 0 Å². The van der Waals surface area contributed by atoms with E-state index >= 15 is 0 Å². The molecule has 1 spiro atoms. The average Bonchev–Trinajstić information content (AvgIpc) is 3.89. The summed E-state index contributed by atoms with van der Waals surface area (Å²) >= 11 is 0. The highest BCUT2D eigenvalue weighted by Crippen LogP contribution is 2.65. The highest BCUT2D eigenvalue weighted by atomic mass is 15.1. The molecule has 326 valence electrons. The Bertz CT molecular complexity index is 3380. The Morgan fingerprint density at radius 2 is 0.731 bits per heavy atom. The Balaban J connectivity index is 1.18. The van der Waals surface area contributed by atoms with Gasteiger partial charge in [0.2, 0.25) is 0 Å². The van der Waals surface area contributed by atoms with Crippen LogP contribution in [0.25, 0.3) is 55.6 Å². The SMILES string of the molecule is CC(C)(C)c1ccc2c(c1)C1(c3cc(-c4ccccc4)ccc3-c3ccc(N(c4ccc5c(c4)C(C)(C)c4ccccc4-5)c4ccccc4-c4ccccc4)cc31)c1cc(C(C)(C)C)ccc1-2. The molecule has 1 heteroatoms. The van der Waals surface area contributed by atoms with E-state index < -0.39 is 5.41 Å². The van der Waals surface area contributed by atoms with Gasteiger partial charge in [-0.2, -0.15) is 0 Å². The summed E-state index contributed by atoms with van der Waals surface area (Å²) in [7, 11) is 0. The molecule has 0 saturated heterocycles. The van der Waals surface area contributed by atoms with Crippen molar-refractivity contribution in [3.8, 4) is 55.6 Å². The van der Waals surface area contributed by atoms with Crippen LogP contribution < -0.4 is 4.90 Å². The maximum atomic E-state index is 2.57. The highest BCUT2D eigenvalue weighted by molar-refractivity contribution is 5.98. The van der Waals surface area contributed by atoms with Crippen molar-refractivity contribution in [1.29, 1.82) is 0 Å². The summed E-state index contributed by atoms with van der Waals surface area (Å²) in [6.45, 7) is 18.9. The lowest BCUT2D eigenvalue weighted by Crippen LogP contribution is -2.28. The molecule has 0 bridgehead atoms. The van der Waals surface area contributed by atoms with Crippen LogP contribution in [0.3, 0.4) is 0 Å². The van der Waals surface area contributed by atoms with Crippen LogP contribution in [0.4, 0.5) is 17.1 Å². The molecule has 0 unspecified atom stereocenters. The smallest absolute Gasteiger partial charge is 0.0726 e. The van der Waals surface area contributed by atoms with E-state index in [2.05, 4.69) is 260 Å². The van der Waals surface area contributed by atoms with E-state index in [0.29, 0.717) is 0 Å². The van der Waals surface area contributed by atoms with Gasteiger partial charge in [-0.05, 0) is 142 Å². The standard InChI is InChI=1S/C66H57N/c1-63(2,3)45-28-33-53-54-34-29-46(64(4,5)6)39-60(54)66(59(53)38-45)58-37-44(42-19-11-9-12-20-42)27-32-52(58)55-36-31-48(41-61(55)66)67(62-26-18-16-23-49(62)43-21-13-10-14-22-43)47-30-35-51-50-24-15-17-25-56(50)65(7,8)57(51)40-47/h9-41H,1-8H3. The molecule has 9 aromatic rings. The second kappa shape index (κ2) is 14.6. The Morgan fingerprint density at radius 3 is 1.31 bits per heavy atom. The number of fused-ring (bicyclic) bond motifs is 13. The summed E-state index contributed by atoms with van der Waals surface area (Å²) in [6.07, 6.45) is 0. The summed E-state index contributed by atoms with van der Waals surface area (Å²) in [4.78, 5) is 2.54. The molecule has 0 atom stereocenters. The Labute approximate surface area is 397 Å². The molecule has 0 N–H and O–H groups in total. The van der Waals surface area contributed by atoms with Crippen LogP contribution in [-0.2, 0) is 21.7 Å². The fraction of sp³-hybridized carbons (Fsp3) is 0.182. The van der Waals surface area contributed by atoms with Crippen LogP contribution in [0, 0.1) is 0 Å². The molecule has 3 aliphatic carbocycles. The molecule has 3 aliphatic rings. The summed E-state index contributed by atoms with van der Waals surface area (Å²) < 4.78 is 0. The lowest BCUT2D eigenvalue weighted by Gasteiger charge is -2.34. The monoisotopic (exact) mass is 863 g/mol. The maximum Gasteiger partial charge on any atom is 0.0726 e. The number of hydrogen-bond acceptors (Lipinski definition) is 1. The van der Waals surface area contributed by atoms with Crippen molar-refractivity contribution in [3.05, 3.63) is 245 Å². The number of anilines is 3. The maximum absolute atomic E-state index is 2.57. The fourth-order valence-corrected chi connectivity index (χ4v) is 11.9. The third kappa shape index (κ3) is 6.13. The van der Waals surface area contributed by atoms with E-state index in [0.717, 1.165) is 17.1 Å². The van der Waals surface area contributed by atoms with Gasteiger partial charge in [0.15, 0.2) is 0 Å².